The minimum atomic E-state index is -0.262. The summed E-state index contributed by atoms with van der Waals surface area (Å²) >= 11 is 0. The summed E-state index contributed by atoms with van der Waals surface area (Å²) in [5.74, 6) is -0.463. The monoisotopic (exact) mass is 243 g/mol. The zero-order valence-electron chi connectivity index (χ0n) is 11.5. The number of hydrogen-bond donors (Lipinski definition) is 2. The van der Waals surface area contributed by atoms with Gasteiger partial charge < -0.3 is 16.0 Å². The second-order valence-electron chi connectivity index (χ2n) is 4.72. The van der Waals surface area contributed by atoms with Crippen molar-refractivity contribution in [3.8, 4) is 0 Å². The highest BCUT2D eigenvalue weighted by atomic mass is 16.2. The molecule has 2 amide bonds. The molecule has 17 heavy (non-hydrogen) atoms. The molecule has 2 unspecified atom stereocenters. The Bertz CT molecular complexity index is 264. The predicted molar refractivity (Wildman–Crippen MR) is 68.3 cm³/mol. The third-order valence-electron chi connectivity index (χ3n) is 2.66. The zero-order chi connectivity index (χ0) is 13.6. The number of hydrogen-bond acceptors (Lipinski definition) is 3. The van der Waals surface area contributed by atoms with Gasteiger partial charge in [0.1, 0.15) is 0 Å². The van der Waals surface area contributed by atoms with Crippen LogP contribution < -0.4 is 11.1 Å². The molecule has 2 atom stereocenters. The number of nitrogens with two attached hydrogens (primary N) is 1. The van der Waals surface area contributed by atoms with Gasteiger partial charge in [0.15, 0.2) is 0 Å². The molecule has 0 saturated heterocycles. The van der Waals surface area contributed by atoms with E-state index in [1.807, 2.05) is 20.8 Å². The van der Waals surface area contributed by atoms with Crippen molar-refractivity contribution in [3.63, 3.8) is 0 Å². The van der Waals surface area contributed by atoms with Gasteiger partial charge in [-0.3, -0.25) is 9.59 Å². The lowest BCUT2D eigenvalue weighted by Gasteiger charge is -2.26. The van der Waals surface area contributed by atoms with Gasteiger partial charge in [-0.25, -0.2) is 0 Å². The minimum Gasteiger partial charge on any atom is -0.352 e. The topological polar surface area (TPSA) is 75.4 Å². The first-order chi connectivity index (χ1) is 7.79. The fraction of sp³-hybridized carbons (Fsp3) is 0.833. The standard InChI is InChI=1S/C12H25N3O2/c1-6-15(7-11(16)14-8(2)3)12(17)9(4)10(5)13/h8-10H,6-7,13H2,1-5H3,(H,14,16). The average Bonchev–Trinajstić information content (AvgIpc) is 2.22. The van der Waals surface area contributed by atoms with Crippen molar-refractivity contribution in [2.75, 3.05) is 13.1 Å². The molecule has 0 saturated carbocycles. The number of nitrogens with one attached hydrogen (secondary N) is 1. The van der Waals surface area contributed by atoms with Crippen molar-refractivity contribution in [2.24, 2.45) is 11.7 Å². The van der Waals surface area contributed by atoms with Crippen LogP contribution in [0.3, 0.4) is 0 Å². The molecular weight excluding hydrogens is 218 g/mol. The molecule has 0 aromatic rings. The minimum absolute atomic E-state index is 0.0681. The predicted octanol–water partition coefficient (Wildman–Crippen LogP) is 0.343. The van der Waals surface area contributed by atoms with Crippen LogP contribution in [0.2, 0.25) is 0 Å². The van der Waals surface area contributed by atoms with Gasteiger partial charge in [-0.15, -0.1) is 0 Å². The van der Waals surface area contributed by atoms with Crippen molar-refractivity contribution in [3.05, 3.63) is 0 Å². The lowest BCUT2D eigenvalue weighted by Crippen LogP contribution is -2.47. The lowest BCUT2D eigenvalue weighted by atomic mass is 10.0. The molecule has 0 spiro atoms. The maximum atomic E-state index is 12.0. The molecule has 3 N–H and O–H groups in total. The van der Waals surface area contributed by atoms with Crippen LogP contribution in [0.25, 0.3) is 0 Å². The Morgan fingerprint density at radius 3 is 2.12 bits per heavy atom. The van der Waals surface area contributed by atoms with E-state index < -0.39 is 0 Å². The Morgan fingerprint density at radius 1 is 1.24 bits per heavy atom. The van der Waals surface area contributed by atoms with Crippen molar-refractivity contribution in [2.45, 2.75) is 46.7 Å². The van der Waals surface area contributed by atoms with Gasteiger partial charge in [-0.1, -0.05) is 6.92 Å². The lowest BCUT2D eigenvalue weighted by molar-refractivity contribution is -0.139. The summed E-state index contributed by atoms with van der Waals surface area (Å²) in [7, 11) is 0. The first-order valence-corrected chi connectivity index (χ1v) is 6.13. The van der Waals surface area contributed by atoms with Crippen LogP contribution in [0, 0.1) is 5.92 Å². The van der Waals surface area contributed by atoms with Gasteiger partial charge in [-0.2, -0.15) is 0 Å². The van der Waals surface area contributed by atoms with E-state index in [0.29, 0.717) is 6.54 Å². The van der Waals surface area contributed by atoms with Crippen LogP contribution >= 0.6 is 0 Å². The molecule has 0 aromatic carbocycles. The van der Waals surface area contributed by atoms with Crippen LogP contribution in [-0.2, 0) is 9.59 Å². The largest absolute Gasteiger partial charge is 0.352 e. The maximum absolute atomic E-state index is 12.0. The second kappa shape index (κ2) is 7.27. The van der Waals surface area contributed by atoms with Gasteiger partial charge in [0, 0.05) is 18.6 Å². The molecule has 0 aliphatic carbocycles. The molecule has 0 aromatic heterocycles. The summed E-state index contributed by atoms with van der Waals surface area (Å²) in [5, 5.41) is 2.77. The van der Waals surface area contributed by atoms with Crippen LogP contribution in [-0.4, -0.2) is 41.9 Å². The second-order valence-corrected chi connectivity index (χ2v) is 4.72. The van der Waals surface area contributed by atoms with Gasteiger partial charge in [0.25, 0.3) is 0 Å². The van der Waals surface area contributed by atoms with E-state index in [1.54, 1.807) is 13.8 Å². The van der Waals surface area contributed by atoms with Gasteiger partial charge >= 0.3 is 0 Å². The van der Waals surface area contributed by atoms with Gasteiger partial charge in [-0.05, 0) is 27.7 Å². The first kappa shape index (κ1) is 15.9. The number of amides is 2. The molecule has 0 radical (unpaired) electrons. The highest BCUT2D eigenvalue weighted by Crippen LogP contribution is 2.05. The van der Waals surface area contributed by atoms with Crippen molar-refractivity contribution in [1.29, 1.82) is 0 Å². The highest BCUT2D eigenvalue weighted by molar-refractivity contribution is 5.86. The van der Waals surface area contributed by atoms with Crippen LogP contribution in [0.5, 0.6) is 0 Å². The third kappa shape index (κ3) is 5.68. The molecule has 5 heteroatoms. The number of likely N-dealkylation sites (N-methyl/N-ethyl adjacent to an activating group) is 1. The molecule has 100 valence electrons. The fourth-order valence-corrected chi connectivity index (χ4v) is 1.40. The van der Waals surface area contributed by atoms with Gasteiger partial charge in [0.05, 0.1) is 12.5 Å². The van der Waals surface area contributed by atoms with E-state index >= 15 is 0 Å². The summed E-state index contributed by atoms with van der Waals surface area (Å²) in [6.45, 7) is 9.84. The fourth-order valence-electron chi connectivity index (χ4n) is 1.40. The first-order valence-electron chi connectivity index (χ1n) is 6.13. The van der Waals surface area contributed by atoms with E-state index in [-0.39, 0.29) is 36.4 Å². The molecule has 0 heterocycles. The zero-order valence-corrected chi connectivity index (χ0v) is 11.5. The van der Waals surface area contributed by atoms with E-state index in [0.717, 1.165) is 0 Å². The third-order valence-corrected chi connectivity index (χ3v) is 2.66. The quantitative estimate of drug-likeness (QED) is 0.706. The van der Waals surface area contributed by atoms with E-state index in [2.05, 4.69) is 5.32 Å². The summed E-state index contributed by atoms with van der Waals surface area (Å²) in [4.78, 5) is 25.1. The summed E-state index contributed by atoms with van der Waals surface area (Å²) in [5.41, 5.74) is 5.69. The van der Waals surface area contributed by atoms with E-state index in [9.17, 15) is 9.59 Å². The number of nitrogens with zero attached hydrogens (tertiary/aromatic N) is 1. The normalized spacial score (nSPS) is 14.3. The van der Waals surface area contributed by atoms with Crippen LogP contribution in [0.15, 0.2) is 0 Å². The summed E-state index contributed by atoms with van der Waals surface area (Å²) in [6.07, 6.45) is 0. The van der Waals surface area contributed by atoms with Crippen LogP contribution in [0.4, 0.5) is 0 Å². The SMILES string of the molecule is CCN(CC(=O)NC(C)C)C(=O)C(C)C(C)N. The average molecular weight is 243 g/mol. The smallest absolute Gasteiger partial charge is 0.239 e. The number of rotatable bonds is 6. The van der Waals surface area contributed by atoms with E-state index in [1.165, 1.54) is 4.90 Å². The Morgan fingerprint density at radius 2 is 1.76 bits per heavy atom. The van der Waals surface area contributed by atoms with Crippen molar-refractivity contribution >= 4 is 11.8 Å². The molecule has 5 nitrogen and oxygen atoms in total. The Kier molecular flexibility index (Phi) is 6.80. The molecule has 0 aliphatic rings. The molecule has 0 aliphatic heterocycles. The molecular formula is C12H25N3O2. The Balaban J connectivity index is 4.42. The van der Waals surface area contributed by atoms with Crippen molar-refractivity contribution < 1.29 is 9.59 Å². The molecule has 0 fully saturated rings. The summed E-state index contributed by atoms with van der Waals surface area (Å²) in [6, 6.07) is -0.119. The number of carbonyl (C=O) groups is 2. The molecule has 0 rings (SSSR count). The Labute approximate surface area is 104 Å². The maximum Gasteiger partial charge on any atom is 0.239 e. The van der Waals surface area contributed by atoms with Gasteiger partial charge in [0.2, 0.25) is 11.8 Å². The number of carbonyl (C=O) groups excluding carboxylic acids is 2. The van der Waals surface area contributed by atoms with E-state index in [4.69, 9.17) is 5.73 Å². The Hall–Kier alpha value is -1.10. The molecule has 0 bridgehead atoms. The van der Waals surface area contributed by atoms with Crippen molar-refractivity contribution in [1.82, 2.24) is 10.2 Å². The highest BCUT2D eigenvalue weighted by Gasteiger charge is 2.23. The summed E-state index contributed by atoms with van der Waals surface area (Å²) < 4.78 is 0. The van der Waals surface area contributed by atoms with Crippen LogP contribution in [0.1, 0.15) is 34.6 Å².